The van der Waals surface area contributed by atoms with Crippen LogP contribution in [0, 0.1) is 5.41 Å². The fraction of sp³-hybridized carbons (Fsp3) is 0.647. The molecule has 1 heterocycles. The average Bonchev–Trinajstić information content (AvgIpc) is 2.46. The zero-order chi connectivity index (χ0) is 15.8. The van der Waals surface area contributed by atoms with E-state index in [9.17, 15) is 8.42 Å². The Bertz CT molecular complexity index is 612. The van der Waals surface area contributed by atoms with Gasteiger partial charge in [0.1, 0.15) is 11.9 Å². The Hall–Kier alpha value is -1.07. The van der Waals surface area contributed by atoms with Crippen molar-refractivity contribution >= 4 is 9.84 Å². The summed E-state index contributed by atoms with van der Waals surface area (Å²) in [5.41, 5.74) is 0.0110. The molecule has 0 aromatic heterocycles. The van der Waals surface area contributed by atoms with Gasteiger partial charge in [-0.2, -0.15) is 0 Å². The summed E-state index contributed by atoms with van der Waals surface area (Å²) in [6.07, 6.45) is 2.83. The van der Waals surface area contributed by atoms with Crippen molar-refractivity contribution in [1.82, 2.24) is 5.32 Å². The van der Waals surface area contributed by atoms with Crippen LogP contribution in [-0.2, 0) is 9.84 Å². The average molecular weight is 323 g/mol. The molecule has 2 fully saturated rings. The standard InChI is InChI=1S/C17H25NO3S/c1-17(2)15(18-13-7-6-10-22(19,20)12-13)11-16(17)21-14-8-4-3-5-9-14/h3-5,8-9,13,15-16,18H,6-7,10-12H2,1-2H3/t13?,15-,16+/m0/s1. The molecule has 0 amide bonds. The minimum absolute atomic E-state index is 0.0110. The number of benzene rings is 1. The van der Waals surface area contributed by atoms with E-state index in [1.54, 1.807) is 0 Å². The third-order valence-electron chi connectivity index (χ3n) is 5.10. The number of sulfone groups is 1. The number of nitrogens with one attached hydrogen (secondary N) is 1. The summed E-state index contributed by atoms with van der Waals surface area (Å²) in [4.78, 5) is 0. The van der Waals surface area contributed by atoms with Crippen LogP contribution in [0.4, 0.5) is 0 Å². The molecule has 0 bridgehead atoms. The van der Waals surface area contributed by atoms with Gasteiger partial charge in [0.25, 0.3) is 0 Å². The molecule has 122 valence electrons. The number of rotatable bonds is 4. The lowest BCUT2D eigenvalue weighted by atomic mass is 9.64. The molecule has 1 N–H and O–H groups in total. The number of hydrogen-bond acceptors (Lipinski definition) is 4. The second-order valence-corrected chi connectivity index (χ2v) is 9.38. The van der Waals surface area contributed by atoms with E-state index in [1.165, 1.54) is 0 Å². The van der Waals surface area contributed by atoms with Crippen LogP contribution >= 0.6 is 0 Å². The van der Waals surface area contributed by atoms with E-state index in [2.05, 4.69) is 19.2 Å². The van der Waals surface area contributed by atoms with Crippen molar-refractivity contribution in [3.63, 3.8) is 0 Å². The molecule has 4 nitrogen and oxygen atoms in total. The highest BCUT2D eigenvalue weighted by atomic mass is 32.2. The molecule has 1 aliphatic heterocycles. The molecule has 1 aromatic carbocycles. The van der Waals surface area contributed by atoms with Gasteiger partial charge in [-0.3, -0.25) is 0 Å². The zero-order valence-electron chi connectivity index (χ0n) is 13.3. The monoisotopic (exact) mass is 323 g/mol. The predicted octanol–water partition coefficient (Wildman–Crippen LogP) is 2.40. The molecule has 3 rings (SSSR count). The Labute approximate surface area is 133 Å². The first kappa shape index (κ1) is 15.8. The summed E-state index contributed by atoms with van der Waals surface area (Å²) in [5, 5.41) is 3.56. The molecule has 1 saturated carbocycles. The van der Waals surface area contributed by atoms with E-state index in [4.69, 9.17) is 4.74 Å². The van der Waals surface area contributed by atoms with E-state index in [1.807, 2.05) is 30.3 Å². The molecule has 2 aliphatic rings. The summed E-state index contributed by atoms with van der Waals surface area (Å²) < 4.78 is 29.6. The maximum Gasteiger partial charge on any atom is 0.151 e. The molecular formula is C17H25NO3S. The fourth-order valence-corrected chi connectivity index (χ4v) is 5.12. The van der Waals surface area contributed by atoms with Crippen LogP contribution in [0.2, 0.25) is 0 Å². The number of para-hydroxylation sites is 1. The molecule has 1 aliphatic carbocycles. The van der Waals surface area contributed by atoms with Crippen LogP contribution in [0.3, 0.4) is 0 Å². The van der Waals surface area contributed by atoms with E-state index >= 15 is 0 Å². The quantitative estimate of drug-likeness (QED) is 0.924. The van der Waals surface area contributed by atoms with E-state index in [-0.39, 0.29) is 23.3 Å². The Morgan fingerprint density at radius 1 is 1.23 bits per heavy atom. The first-order valence-electron chi connectivity index (χ1n) is 8.05. The fourth-order valence-electron chi connectivity index (χ4n) is 3.47. The Morgan fingerprint density at radius 3 is 2.59 bits per heavy atom. The van der Waals surface area contributed by atoms with Gasteiger partial charge in [0.15, 0.2) is 9.84 Å². The molecule has 0 spiro atoms. The second kappa shape index (κ2) is 5.85. The summed E-state index contributed by atoms with van der Waals surface area (Å²) in [7, 11) is -2.85. The molecule has 1 aromatic rings. The van der Waals surface area contributed by atoms with Gasteiger partial charge in [-0.15, -0.1) is 0 Å². The molecular weight excluding hydrogens is 298 g/mol. The third-order valence-corrected chi connectivity index (χ3v) is 6.92. The van der Waals surface area contributed by atoms with Crippen LogP contribution in [0.25, 0.3) is 0 Å². The third kappa shape index (κ3) is 3.30. The van der Waals surface area contributed by atoms with Gasteiger partial charge in [-0.05, 0) is 25.0 Å². The Morgan fingerprint density at radius 2 is 1.95 bits per heavy atom. The van der Waals surface area contributed by atoms with Crippen LogP contribution in [0.15, 0.2) is 30.3 Å². The lowest BCUT2D eigenvalue weighted by Crippen LogP contribution is -2.64. The number of ether oxygens (including phenoxy) is 1. The highest BCUT2D eigenvalue weighted by molar-refractivity contribution is 7.91. The second-order valence-electron chi connectivity index (χ2n) is 7.15. The van der Waals surface area contributed by atoms with Gasteiger partial charge in [-0.25, -0.2) is 8.42 Å². The SMILES string of the molecule is CC1(C)[C@@H](NC2CCCS(=O)(=O)C2)C[C@H]1Oc1ccccc1. The van der Waals surface area contributed by atoms with Crippen molar-refractivity contribution in [2.24, 2.45) is 5.41 Å². The largest absolute Gasteiger partial charge is 0.490 e. The molecule has 1 saturated heterocycles. The molecule has 3 atom stereocenters. The zero-order valence-corrected chi connectivity index (χ0v) is 14.1. The highest BCUT2D eigenvalue weighted by Gasteiger charge is 2.50. The predicted molar refractivity (Wildman–Crippen MR) is 87.9 cm³/mol. The van der Waals surface area contributed by atoms with Crippen LogP contribution in [0.5, 0.6) is 5.75 Å². The molecule has 0 radical (unpaired) electrons. The first-order valence-corrected chi connectivity index (χ1v) is 9.87. The van der Waals surface area contributed by atoms with Crippen molar-refractivity contribution in [3.8, 4) is 5.75 Å². The van der Waals surface area contributed by atoms with Crippen LogP contribution in [0.1, 0.15) is 33.1 Å². The van der Waals surface area contributed by atoms with Crippen molar-refractivity contribution in [3.05, 3.63) is 30.3 Å². The van der Waals surface area contributed by atoms with Crippen molar-refractivity contribution < 1.29 is 13.2 Å². The molecule has 22 heavy (non-hydrogen) atoms. The van der Waals surface area contributed by atoms with Crippen molar-refractivity contribution in [2.45, 2.75) is 51.3 Å². The summed E-state index contributed by atoms with van der Waals surface area (Å²) >= 11 is 0. The van der Waals surface area contributed by atoms with E-state index in [0.29, 0.717) is 11.8 Å². The summed E-state index contributed by atoms with van der Waals surface area (Å²) in [6.45, 7) is 4.39. The van der Waals surface area contributed by atoms with Gasteiger partial charge in [0.05, 0.1) is 11.5 Å². The Kier molecular flexibility index (Phi) is 4.21. The van der Waals surface area contributed by atoms with Gasteiger partial charge in [0.2, 0.25) is 0 Å². The topological polar surface area (TPSA) is 55.4 Å². The minimum Gasteiger partial charge on any atom is -0.490 e. The molecule has 1 unspecified atom stereocenters. The number of hydrogen-bond donors (Lipinski definition) is 1. The highest BCUT2D eigenvalue weighted by Crippen LogP contribution is 2.43. The summed E-state index contributed by atoms with van der Waals surface area (Å²) in [6, 6.07) is 10.3. The first-order chi connectivity index (χ1) is 10.4. The molecule has 5 heteroatoms. The maximum absolute atomic E-state index is 11.8. The summed E-state index contributed by atoms with van der Waals surface area (Å²) in [5.74, 6) is 1.53. The smallest absolute Gasteiger partial charge is 0.151 e. The van der Waals surface area contributed by atoms with E-state index < -0.39 is 9.84 Å². The minimum atomic E-state index is -2.85. The van der Waals surface area contributed by atoms with E-state index in [0.717, 1.165) is 25.0 Å². The van der Waals surface area contributed by atoms with Gasteiger partial charge in [0, 0.05) is 23.9 Å². The lowest BCUT2D eigenvalue weighted by Gasteiger charge is -2.53. The Balaban J connectivity index is 1.57. The van der Waals surface area contributed by atoms with Crippen LogP contribution in [-0.4, -0.2) is 38.1 Å². The van der Waals surface area contributed by atoms with Gasteiger partial charge < -0.3 is 10.1 Å². The lowest BCUT2D eigenvalue weighted by molar-refractivity contribution is -0.0583. The van der Waals surface area contributed by atoms with Crippen molar-refractivity contribution in [2.75, 3.05) is 11.5 Å². The van der Waals surface area contributed by atoms with Gasteiger partial charge >= 0.3 is 0 Å². The van der Waals surface area contributed by atoms with Crippen molar-refractivity contribution in [1.29, 1.82) is 0 Å². The maximum atomic E-state index is 11.8. The normalized spacial score (nSPS) is 32.9. The van der Waals surface area contributed by atoms with Crippen LogP contribution < -0.4 is 10.1 Å². The van der Waals surface area contributed by atoms with Gasteiger partial charge in [-0.1, -0.05) is 32.0 Å².